The van der Waals surface area contributed by atoms with Crippen LogP contribution >= 0.6 is 0 Å². The van der Waals surface area contributed by atoms with Crippen molar-refractivity contribution in [3.63, 3.8) is 0 Å². The Morgan fingerprint density at radius 3 is 2.58 bits per heavy atom. The maximum Gasteiger partial charge on any atom is 0.307 e. The van der Waals surface area contributed by atoms with Crippen molar-refractivity contribution >= 4 is 34.4 Å². The Morgan fingerprint density at radius 1 is 1.12 bits per heavy atom. The molecule has 1 unspecified atom stereocenters. The van der Waals surface area contributed by atoms with Gasteiger partial charge in [-0.1, -0.05) is 30.3 Å². The normalized spacial score (nSPS) is 17.2. The molecule has 1 aliphatic heterocycles. The minimum absolute atomic E-state index is 0.0971. The molecule has 1 saturated heterocycles. The smallest absolute Gasteiger partial charge is 0.307 e. The second-order valence-corrected chi connectivity index (χ2v) is 6.35. The molecule has 0 radical (unpaired) electrons. The van der Waals surface area contributed by atoms with Gasteiger partial charge in [0.25, 0.3) is 0 Å². The summed E-state index contributed by atoms with van der Waals surface area (Å²) < 4.78 is 0. The zero-order chi connectivity index (χ0) is 18.3. The Labute approximate surface area is 149 Å². The van der Waals surface area contributed by atoms with Crippen molar-refractivity contribution in [1.82, 2.24) is 4.98 Å². The molecule has 4 rings (SSSR count). The maximum atomic E-state index is 12.9. The summed E-state index contributed by atoms with van der Waals surface area (Å²) in [4.78, 5) is 40.5. The predicted molar refractivity (Wildman–Crippen MR) is 95.9 cm³/mol. The topological polar surface area (TPSA) is 90.5 Å². The fraction of sp³-hybridized carbons (Fsp3) is 0.150. The third-order valence-electron chi connectivity index (χ3n) is 4.69. The van der Waals surface area contributed by atoms with E-state index in [0.717, 1.165) is 16.5 Å². The number of carboxylic acids is 1. The number of aromatic nitrogens is 1. The van der Waals surface area contributed by atoms with E-state index in [1.165, 1.54) is 4.90 Å². The number of para-hydroxylation sites is 1. The summed E-state index contributed by atoms with van der Waals surface area (Å²) in [7, 11) is 0. The standard InChI is InChI=1S/C20H16N2O4/c23-18-10-15(16-11-21-17-4-2-1-3-14(16)17)20(26)22(18)13-7-5-12(6-8-13)9-19(24)25/h1-8,11,15,21H,9-10H2,(H,24,25). The molecule has 2 amide bonds. The van der Waals surface area contributed by atoms with Crippen molar-refractivity contribution in [2.24, 2.45) is 0 Å². The summed E-state index contributed by atoms with van der Waals surface area (Å²) in [5.41, 5.74) is 2.84. The van der Waals surface area contributed by atoms with Gasteiger partial charge in [-0.2, -0.15) is 0 Å². The number of nitrogens with zero attached hydrogens (tertiary/aromatic N) is 1. The zero-order valence-corrected chi connectivity index (χ0v) is 13.8. The highest BCUT2D eigenvalue weighted by molar-refractivity contribution is 6.23. The first-order valence-corrected chi connectivity index (χ1v) is 8.28. The lowest BCUT2D eigenvalue weighted by atomic mass is 9.97. The molecule has 2 heterocycles. The molecule has 130 valence electrons. The molecule has 6 heteroatoms. The molecule has 0 saturated carbocycles. The largest absolute Gasteiger partial charge is 0.481 e. The van der Waals surface area contributed by atoms with Crippen molar-refractivity contribution in [1.29, 1.82) is 0 Å². The first-order valence-electron chi connectivity index (χ1n) is 8.28. The summed E-state index contributed by atoms with van der Waals surface area (Å²) in [5, 5.41) is 9.78. The van der Waals surface area contributed by atoms with Gasteiger partial charge in [-0.15, -0.1) is 0 Å². The van der Waals surface area contributed by atoms with E-state index >= 15 is 0 Å². The van der Waals surface area contributed by atoms with E-state index in [2.05, 4.69) is 4.98 Å². The number of anilines is 1. The van der Waals surface area contributed by atoms with E-state index in [1.807, 2.05) is 24.3 Å². The van der Waals surface area contributed by atoms with Crippen LogP contribution in [0.1, 0.15) is 23.5 Å². The van der Waals surface area contributed by atoms with Crippen LogP contribution in [0.15, 0.2) is 54.7 Å². The van der Waals surface area contributed by atoms with Crippen LogP contribution in [0.4, 0.5) is 5.69 Å². The highest BCUT2D eigenvalue weighted by atomic mass is 16.4. The van der Waals surface area contributed by atoms with Crippen LogP contribution < -0.4 is 4.90 Å². The minimum atomic E-state index is -0.925. The molecule has 1 aliphatic rings. The average molecular weight is 348 g/mol. The second kappa shape index (κ2) is 6.15. The number of carbonyl (C=O) groups is 3. The van der Waals surface area contributed by atoms with Crippen LogP contribution in [0.2, 0.25) is 0 Å². The van der Waals surface area contributed by atoms with Crippen molar-refractivity contribution in [3.8, 4) is 0 Å². The van der Waals surface area contributed by atoms with Gasteiger partial charge in [0.05, 0.1) is 18.0 Å². The molecule has 1 fully saturated rings. The molecule has 6 nitrogen and oxygen atoms in total. The summed E-state index contributed by atoms with van der Waals surface area (Å²) in [6, 6.07) is 14.2. The first kappa shape index (κ1) is 16.1. The number of rotatable bonds is 4. The number of hydrogen-bond acceptors (Lipinski definition) is 3. The number of benzene rings is 2. The summed E-state index contributed by atoms with van der Waals surface area (Å²) >= 11 is 0. The number of imide groups is 1. The lowest BCUT2D eigenvalue weighted by molar-refractivity contribution is -0.136. The molecular weight excluding hydrogens is 332 g/mol. The number of amides is 2. The lowest BCUT2D eigenvalue weighted by Gasteiger charge is -2.15. The van der Waals surface area contributed by atoms with Crippen LogP contribution in [0.25, 0.3) is 10.9 Å². The number of H-pyrrole nitrogens is 1. The third-order valence-corrected chi connectivity index (χ3v) is 4.69. The number of carbonyl (C=O) groups excluding carboxylic acids is 2. The lowest BCUT2D eigenvalue weighted by Crippen LogP contribution is -2.30. The molecule has 3 aromatic rings. The molecule has 0 spiro atoms. The van der Waals surface area contributed by atoms with E-state index in [1.54, 1.807) is 30.5 Å². The SMILES string of the molecule is O=C(O)Cc1ccc(N2C(=O)CC(c3c[nH]c4ccccc34)C2=O)cc1. The van der Waals surface area contributed by atoms with Crippen molar-refractivity contribution < 1.29 is 19.5 Å². The van der Waals surface area contributed by atoms with Crippen molar-refractivity contribution in [2.45, 2.75) is 18.8 Å². The van der Waals surface area contributed by atoms with Crippen LogP contribution in [-0.4, -0.2) is 27.9 Å². The summed E-state index contributed by atoms with van der Waals surface area (Å²) in [6.07, 6.45) is 1.82. The number of fused-ring (bicyclic) bond motifs is 1. The Morgan fingerprint density at radius 2 is 1.85 bits per heavy atom. The van der Waals surface area contributed by atoms with Gasteiger partial charge >= 0.3 is 5.97 Å². The highest BCUT2D eigenvalue weighted by Crippen LogP contribution is 2.36. The average Bonchev–Trinajstić information content (AvgIpc) is 3.16. The predicted octanol–water partition coefficient (Wildman–Crippen LogP) is 2.84. The van der Waals surface area contributed by atoms with Crippen LogP contribution in [-0.2, 0) is 20.8 Å². The van der Waals surface area contributed by atoms with Crippen LogP contribution in [0, 0.1) is 0 Å². The fourth-order valence-electron chi connectivity index (χ4n) is 3.47. The summed E-state index contributed by atoms with van der Waals surface area (Å²) in [5.74, 6) is -1.95. The Balaban J connectivity index is 1.64. The summed E-state index contributed by atoms with van der Waals surface area (Å²) in [6.45, 7) is 0. The van der Waals surface area contributed by atoms with Gasteiger partial charge in [0, 0.05) is 23.5 Å². The quantitative estimate of drug-likeness (QED) is 0.710. The molecule has 0 aliphatic carbocycles. The molecule has 26 heavy (non-hydrogen) atoms. The van der Waals surface area contributed by atoms with Gasteiger partial charge in [-0.3, -0.25) is 19.3 Å². The molecule has 2 aromatic carbocycles. The number of nitrogens with one attached hydrogen (secondary N) is 1. The third kappa shape index (κ3) is 2.65. The Hall–Kier alpha value is -3.41. The Kier molecular flexibility index (Phi) is 3.80. The van der Waals surface area contributed by atoms with Crippen LogP contribution in [0.3, 0.4) is 0 Å². The van der Waals surface area contributed by atoms with E-state index in [-0.39, 0.29) is 24.7 Å². The molecule has 0 bridgehead atoms. The van der Waals surface area contributed by atoms with Gasteiger partial charge in [0.15, 0.2) is 0 Å². The molecule has 1 atom stereocenters. The van der Waals surface area contributed by atoms with Crippen LogP contribution in [0.5, 0.6) is 0 Å². The Bertz CT molecular complexity index is 1020. The number of aromatic amines is 1. The second-order valence-electron chi connectivity index (χ2n) is 6.35. The van der Waals surface area contributed by atoms with E-state index in [4.69, 9.17) is 5.11 Å². The fourth-order valence-corrected chi connectivity index (χ4v) is 3.47. The van der Waals surface area contributed by atoms with Gasteiger partial charge in [0.1, 0.15) is 0 Å². The molecular formula is C20H16N2O4. The number of hydrogen-bond donors (Lipinski definition) is 2. The van der Waals surface area contributed by atoms with Crippen molar-refractivity contribution in [2.75, 3.05) is 4.90 Å². The van der Waals surface area contributed by atoms with E-state index < -0.39 is 11.9 Å². The van der Waals surface area contributed by atoms with Gasteiger partial charge in [-0.05, 0) is 29.3 Å². The molecule has 1 aromatic heterocycles. The van der Waals surface area contributed by atoms with Gasteiger partial charge < -0.3 is 10.1 Å². The maximum absolute atomic E-state index is 12.9. The number of aliphatic carboxylic acids is 1. The van der Waals surface area contributed by atoms with Gasteiger partial charge in [0.2, 0.25) is 11.8 Å². The number of carboxylic acid groups (broad SMARTS) is 1. The first-order chi connectivity index (χ1) is 12.5. The molecule has 2 N–H and O–H groups in total. The van der Waals surface area contributed by atoms with Gasteiger partial charge in [-0.25, -0.2) is 0 Å². The zero-order valence-electron chi connectivity index (χ0n) is 13.8. The van der Waals surface area contributed by atoms with E-state index in [9.17, 15) is 14.4 Å². The minimum Gasteiger partial charge on any atom is -0.481 e. The van der Waals surface area contributed by atoms with E-state index in [0.29, 0.717) is 11.3 Å². The highest BCUT2D eigenvalue weighted by Gasteiger charge is 2.41. The van der Waals surface area contributed by atoms with Crippen molar-refractivity contribution in [3.05, 3.63) is 65.9 Å². The monoisotopic (exact) mass is 348 g/mol.